The third-order valence-electron chi connectivity index (χ3n) is 2.37. The van der Waals surface area contributed by atoms with Gasteiger partial charge in [0.25, 0.3) is 0 Å². The van der Waals surface area contributed by atoms with Gasteiger partial charge in [0.1, 0.15) is 11.6 Å². The van der Waals surface area contributed by atoms with E-state index in [1.54, 1.807) is 6.07 Å². The number of benzene rings is 1. The van der Waals surface area contributed by atoms with E-state index >= 15 is 0 Å². The maximum Gasteiger partial charge on any atom is 0.141 e. The van der Waals surface area contributed by atoms with Crippen molar-refractivity contribution in [3.8, 4) is 5.75 Å². The zero-order valence-corrected chi connectivity index (χ0v) is 9.18. The van der Waals surface area contributed by atoms with Crippen LogP contribution in [0.1, 0.15) is 24.4 Å². The Labute approximate surface area is 90.4 Å². The number of fused-ring (bicyclic) bond motifs is 1. The molecule has 1 aliphatic rings. The second kappa shape index (κ2) is 3.87. The summed E-state index contributed by atoms with van der Waals surface area (Å²) in [6.45, 7) is 0.613. The zero-order chi connectivity index (χ0) is 10.1. The normalized spacial score (nSPS) is 20.9. The van der Waals surface area contributed by atoms with Gasteiger partial charge < -0.3 is 10.5 Å². The first-order chi connectivity index (χ1) is 6.68. The van der Waals surface area contributed by atoms with Crippen molar-refractivity contribution in [2.75, 3.05) is 6.61 Å². The van der Waals surface area contributed by atoms with Crippen LogP contribution in [0.4, 0.5) is 4.39 Å². The quantitative estimate of drug-likeness (QED) is 0.778. The Bertz CT molecular complexity index is 356. The summed E-state index contributed by atoms with van der Waals surface area (Å²) in [5.74, 6) is 0.272. The van der Waals surface area contributed by atoms with Crippen molar-refractivity contribution in [1.29, 1.82) is 0 Å². The third-order valence-corrected chi connectivity index (χ3v) is 2.98. The van der Waals surface area contributed by atoms with Crippen LogP contribution in [-0.4, -0.2) is 6.61 Å². The van der Waals surface area contributed by atoms with Crippen molar-refractivity contribution in [1.82, 2.24) is 0 Å². The largest absolute Gasteiger partial charge is 0.493 e. The molecule has 0 bridgehead atoms. The van der Waals surface area contributed by atoms with Crippen LogP contribution in [0.3, 0.4) is 0 Å². The molecular weight excluding hydrogens is 249 g/mol. The van der Waals surface area contributed by atoms with Gasteiger partial charge in [0, 0.05) is 17.7 Å². The Kier molecular flexibility index (Phi) is 2.74. The predicted molar refractivity (Wildman–Crippen MR) is 55.8 cm³/mol. The molecule has 0 saturated heterocycles. The van der Waals surface area contributed by atoms with Crippen LogP contribution < -0.4 is 10.5 Å². The summed E-state index contributed by atoms with van der Waals surface area (Å²) in [4.78, 5) is 0. The van der Waals surface area contributed by atoms with Gasteiger partial charge in [-0.25, -0.2) is 4.39 Å². The molecule has 0 unspecified atom stereocenters. The lowest BCUT2D eigenvalue weighted by Gasteiger charge is -2.12. The Morgan fingerprint density at radius 3 is 3.07 bits per heavy atom. The van der Waals surface area contributed by atoms with Crippen LogP contribution in [0.5, 0.6) is 5.75 Å². The summed E-state index contributed by atoms with van der Waals surface area (Å²) in [7, 11) is 0. The van der Waals surface area contributed by atoms with Gasteiger partial charge in [-0.1, -0.05) is 0 Å². The summed E-state index contributed by atoms with van der Waals surface area (Å²) in [5, 5.41) is 0. The van der Waals surface area contributed by atoms with Gasteiger partial charge >= 0.3 is 0 Å². The molecule has 0 amide bonds. The van der Waals surface area contributed by atoms with Gasteiger partial charge in [0.2, 0.25) is 0 Å². The Morgan fingerprint density at radius 2 is 2.29 bits per heavy atom. The third kappa shape index (κ3) is 1.77. The van der Waals surface area contributed by atoms with E-state index < -0.39 is 0 Å². The average molecular weight is 260 g/mol. The molecule has 0 saturated carbocycles. The van der Waals surface area contributed by atoms with Gasteiger partial charge in [-0.15, -0.1) is 0 Å². The van der Waals surface area contributed by atoms with E-state index in [0.29, 0.717) is 16.8 Å². The molecule has 0 spiro atoms. The highest BCUT2D eigenvalue weighted by Crippen LogP contribution is 2.33. The van der Waals surface area contributed by atoms with E-state index in [-0.39, 0.29) is 11.9 Å². The Balaban J connectivity index is 2.49. The highest BCUT2D eigenvalue weighted by atomic mass is 79.9. The van der Waals surface area contributed by atoms with E-state index in [1.807, 2.05) is 0 Å². The van der Waals surface area contributed by atoms with Crippen LogP contribution in [0, 0.1) is 5.82 Å². The first-order valence-electron chi connectivity index (χ1n) is 4.56. The molecule has 2 rings (SSSR count). The number of nitrogens with two attached hydrogens (primary N) is 1. The number of hydrogen-bond acceptors (Lipinski definition) is 2. The number of ether oxygens (including phenoxy) is 1. The maximum atomic E-state index is 13.2. The van der Waals surface area contributed by atoms with Crippen LogP contribution in [0.2, 0.25) is 0 Å². The smallest absolute Gasteiger partial charge is 0.141 e. The molecule has 0 aliphatic carbocycles. The summed E-state index contributed by atoms with van der Waals surface area (Å²) in [6.07, 6.45) is 1.79. The van der Waals surface area contributed by atoms with Crippen molar-refractivity contribution >= 4 is 15.9 Å². The fourth-order valence-electron chi connectivity index (χ4n) is 1.60. The summed E-state index contributed by atoms with van der Waals surface area (Å²) in [6, 6.07) is 3.05. The molecule has 2 nitrogen and oxygen atoms in total. The first-order valence-corrected chi connectivity index (χ1v) is 5.35. The van der Waals surface area contributed by atoms with Crippen LogP contribution in [0.25, 0.3) is 0 Å². The van der Waals surface area contributed by atoms with E-state index in [2.05, 4.69) is 15.9 Å². The molecule has 1 aliphatic heterocycles. The lowest BCUT2D eigenvalue weighted by molar-refractivity contribution is 0.314. The fraction of sp³-hybridized carbons (Fsp3) is 0.400. The lowest BCUT2D eigenvalue weighted by Crippen LogP contribution is -2.09. The van der Waals surface area contributed by atoms with Gasteiger partial charge in [-0.3, -0.25) is 0 Å². The molecule has 1 aromatic carbocycles. The highest BCUT2D eigenvalue weighted by Gasteiger charge is 2.18. The minimum Gasteiger partial charge on any atom is -0.493 e. The van der Waals surface area contributed by atoms with Crippen LogP contribution >= 0.6 is 15.9 Å². The lowest BCUT2D eigenvalue weighted by atomic mass is 10.0. The Hall–Kier alpha value is -0.610. The van der Waals surface area contributed by atoms with Gasteiger partial charge in [0.15, 0.2) is 0 Å². The summed E-state index contributed by atoms with van der Waals surface area (Å²) >= 11 is 3.14. The molecular formula is C10H11BrFNO. The highest BCUT2D eigenvalue weighted by molar-refractivity contribution is 9.10. The standard InChI is InChI=1S/C10H11BrFNO/c11-7-4-6-9(13)2-1-3-14-10(6)5-8(7)12/h4-5,9H,1-3,13H2/t9-/m1/s1. The number of hydrogen-bond donors (Lipinski definition) is 1. The maximum absolute atomic E-state index is 13.2. The minimum atomic E-state index is -0.308. The zero-order valence-electron chi connectivity index (χ0n) is 7.59. The van der Waals surface area contributed by atoms with E-state index in [0.717, 1.165) is 18.4 Å². The van der Waals surface area contributed by atoms with Crippen molar-refractivity contribution < 1.29 is 9.13 Å². The molecule has 76 valence electrons. The van der Waals surface area contributed by atoms with Gasteiger partial charge in [-0.05, 0) is 34.8 Å². The minimum absolute atomic E-state index is 0.0515. The average Bonchev–Trinajstić information content (AvgIpc) is 2.31. The molecule has 0 aromatic heterocycles. The number of rotatable bonds is 0. The van der Waals surface area contributed by atoms with Crippen molar-refractivity contribution in [2.24, 2.45) is 5.73 Å². The monoisotopic (exact) mass is 259 g/mol. The molecule has 0 fully saturated rings. The Morgan fingerprint density at radius 1 is 1.50 bits per heavy atom. The van der Waals surface area contributed by atoms with Crippen molar-refractivity contribution in [3.63, 3.8) is 0 Å². The predicted octanol–water partition coefficient (Wildman–Crippen LogP) is 2.76. The molecule has 1 aromatic rings. The molecule has 0 radical (unpaired) electrons. The summed E-state index contributed by atoms with van der Waals surface area (Å²) < 4.78 is 19.1. The van der Waals surface area contributed by atoms with Crippen LogP contribution in [0.15, 0.2) is 16.6 Å². The SMILES string of the molecule is N[C@@H]1CCCOc2cc(F)c(Br)cc21. The molecule has 4 heteroatoms. The van der Waals surface area contributed by atoms with E-state index in [4.69, 9.17) is 10.5 Å². The van der Waals surface area contributed by atoms with Gasteiger partial charge in [-0.2, -0.15) is 0 Å². The van der Waals surface area contributed by atoms with Crippen LogP contribution in [-0.2, 0) is 0 Å². The second-order valence-electron chi connectivity index (χ2n) is 3.40. The molecule has 1 atom stereocenters. The topological polar surface area (TPSA) is 35.2 Å². The van der Waals surface area contributed by atoms with E-state index in [1.165, 1.54) is 6.07 Å². The fourth-order valence-corrected chi connectivity index (χ4v) is 1.96. The van der Waals surface area contributed by atoms with Crippen molar-refractivity contribution in [3.05, 3.63) is 28.0 Å². The second-order valence-corrected chi connectivity index (χ2v) is 4.26. The van der Waals surface area contributed by atoms with Gasteiger partial charge in [0.05, 0.1) is 11.1 Å². The first kappa shape index (κ1) is 9.93. The molecule has 14 heavy (non-hydrogen) atoms. The van der Waals surface area contributed by atoms with Crippen molar-refractivity contribution in [2.45, 2.75) is 18.9 Å². The number of halogens is 2. The summed E-state index contributed by atoms with van der Waals surface area (Å²) in [5.41, 5.74) is 6.83. The molecule has 2 N–H and O–H groups in total. The molecule has 1 heterocycles. The van der Waals surface area contributed by atoms with E-state index in [9.17, 15) is 4.39 Å².